The molecule has 1 fully saturated rings. The Bertz CT molecular complexity index is 978. The monoisotopic (exact) mass is 454 g/mol. The first-order valence-electron chi connectivity index (χ1n) is 11.2. The van der Waals surface area contributed by atoms with E-state index in [2.05, 4.69) is 9.97 Å². The third kappa shape index (κ3) is 5.31. The van der Waals surface area contributed by atoms with E-state index < -0.39 is 17.6 Å². The number of likely N-dealkylation sites (N-methyl/N-ethyl adjacent to an activating group) is 1. The summed E-state index contributed by atoms with van der Waals surface area (Å²) in [5, 5.41) is 21.7. The number of carbonyl (C=O) groups excluding carboxylic acids is 2. The molecule has 1 saturated heterocycles. The van der Waals surface area contributed by atoms with Crippen molar-refractivity contribution in [2.24, 2.45) is 5.41 Å². The predicted molar refractivity (Wildman–Crippen MR) is 120 cm³/mol. The second-order valence-corrected chi connectivity index (χ2v) is 9.07. The van der Waals surface area contributed by atoms with Gasteiger partial charge in [0.2, 0.25) is 0 Å². The van der Waals surface area contributed by atoms with Gasteiger partial charge in [0.15, 0.2) is 6.61 Å². The van der Waals surface area contributed by atoms with Crippen LogP contribution in [0, 0.1) is 5.41 Å². The van der Waals surface area contributed by atoms with Gasteiger partial charge in [-0.2, -0.15) is 0 Å². The van der Waals surface area contributed by atoms with E-state index in [1.165, 1.54) is 18.6 Å². The smallest absolute Gasteiger partial charge is 0.274 e. The summed E-state index contributed by atoms with van der Waals surface area (Å²) in [5.41, 5.74) is 0.618. The molecule has 9 heteroatoms. The maximum atomic E-state index is 12.8. The van der Waals surface area contributed by atoms with E-state index in [1.807, 2.05) is 18.2 Å². The molecule has 2 aromatic rings. The number of benzene rings is 1. The predicted octanol–water partition coefficient (Wildman–Crippen LogP) is 0.904. The molecule has 2 N–H and O–H groups in total. The molecular formula is C24H30N4O5. The molecule has 2 atom stereocenters. The Morgan fingerprint density at radius 1 is 1.15 bits per heavy atom. The van der Waals surface area contributed by atoms with Crippen LogP contribution in [0.1, 0.15) is 35.3 Å². The summed E-state index contributed by atoms with van der Waals surface area (Å²) >= 11 is 0. The first-order chi connectivity index (χ1) is 15.9. The van der Waals surface area contributed by atoms with Crippen LogP contribution in [0.2, 0.25) is 0 Å². The topological polar surface area (TPSA) is 116 Å². The Labute approximate surface area is 193 Å². The van der Waals surface area contributed by atoms with Crippen LogP contribution in [0.5, 0.6) is 5.75 Å². The fourth-order valence-corrected chi connectivity index (χ4v) is 4.78. The fraction of sp³-hybridized carbons (Fsp3) is 0.500. The van der Waals surface area contributed by atoms with Gasteiger partial charge in [-0.3, -0.25) is 14.6 Å². The van der Waals surface area contributed by atoms with Crippen molar-refractivity contribution in [2.75, 3.05) is 33.3 Å². The number of amides is 2. The number of para-hydroxylation sites is 1. The Morgan fingerprint density at radius 3 is 2.64 bits per heavy atom. The van der Waals surface area contributed by atoms with Gasteiger partial charge in [-0.25, -0.2) is 4.98 Å². The molecule has 33 heavy (non-hydrogen) atoms. The molecule has 0 bridgehead atoms. The van der Waals surface area contributed by atoms with Crippen LogP contribution >= 0.6 is 0 Å². The summed E-state index contributed by atoms with van der Waals surface area (Å²) < 4.78 is 5.75. The number of rotatable bonds is 1. The van der Waals surface area contributed by atoms with Gasteiger partial charge in [0.25, 0.3) is 11.8 Å². The van der Waals surface area contributed by atoms with Crippen molar-refractivity contribution in [2.45, 2.75) is 37.9 Å². The first kappa shape index (κ1) is 23.1. The van der Waals surface area contributed by atoms with Crippen molar-refractivity contribution in [3.05, 3.63) is 54.1 Å². The van der Waals surface area contributed by atoms with Crippen LogP contribution in [-0.4, -0.2) is 87.3 Å². The van der Waals surface area contributed by atoms with E-state index in [0.29, 0.717) is 50.3 Å². The van der Waals surface area contributed by atoms with Crippen molar-refractivity contribution in [3.8, 4) is 5.75 Å². The largest absolute Gasteiger partial charge is 0.483 e. The zero-order valence-electron chi connectivity index (χ0n) is 18.8. The quantitative estimate of drug-likeness (QED) is 0.658. The number of hydrogen-bond acceptors (Lipinski definition) is 7. The molecule has 0 aliphatic carbocycles. The molecule has 1 aromatic heterocycles. The second-order valence-electron chi connectivity index (χ2n) is 9.07. The number of fused-ring (bicyclic) bond motifs is 1. The minimum atomic E-state index is -0.969. The average Bonchev–Trinajstić information content (AvgIpc) is 2.83. The maximum Gasteiger partial charge on any atom is 0.274 e. The zero-order chi connectivity index (χ0) is 23.4. The highest BCUT2D eigenvalue weighted by atomic mass is 16.5. The fourth-order valence-electron chi connectivity index (χ4n) is 4.78. The van der Waals surface area contributed by atoms with Gasteiger partial charge in [0, 0.05) is 45.5 Å². The van der Waals surface area contributed by atoms with E-state index in [4.69, 9.17) is 4.74 Å². The number of carbonyl (C=O) groups is 2. The van der Waals surface area contributed by atoms with E-state index in [9.17, 15) is 19.8 Å². The number of aliphatic hydroxyl groups is 2. The van der Waals surface area contributed by atoms with E-state index in [1.54, 1.807) is 22.9 Å². The molecule has 1 spiro atoms. The van der Waals surface area contributed by atoms with Gasteiger partial charge in [-0.05, 0) is 36.3 Å². The Kier molecular flexibility index (Phi) is 6.90. The Balaban J connectivity index is 1.52. The minimum absolute atomic E-state index is 0.0977. The summed E-state index contributed by atoms with van der Waals surface area (Å²) in [5.74, 6) is 0.204. The minimum Gasteiger partial charge on any atom is -0.483 e. The zero-order valence-corrected chi connectivity index (χ0v) is 18.8. The average molecular weight is 455 g/mol. The highest BCUT2D eigenvalue weighted by molar-refractivity contribution is 5.92. The lowest BCUT2D eigenvalue weighted by molar-refractivity contribution is -0.135. The van der Waals surface area contributed by atoms with Crippen LogP contribution in [0.25, 0.3) is 0 Å². The van der Waals surface area contributed by atoms with Gasteiger partial charge in [-0.15, -0.1) is 0 Å². The van der Waals surface area contributed by atoms with Gasteiger partial charge >= 0.3 is 0 Å². The molecule has 9 nitrogen and oxygen atoms in total. The maximum absolute atomic E-state index is 12.8. The molecule has 4 rings (SSSR count). The summed E-state index contributed by atoms with van der Waals surface area (Å²) in [7, 11) is 1.73. The van der Waals surface area contributed by atoms with Crippen LogP contribution in [0.3, 0.4) is 0 Å². The van der Waals surface area contributed by atoms with Crippen molar-refractivity contribution < 1.29 is 24.5 Å². The summed E-state index contributed by atoms with van der Waals surface area (Å²) in [6, 6.07) is 7.25. The molecule has 1 aromatic carbocycles. The van der Waals surface area contributed by atoms with Crippen LogP contribution in [-0.2, 0) is 11.2 Å². The van der Waals surface area contributed by atoms with Crippen LogP contribution in [0.4, 0.5) is 0 Å². The molecule has 2 amide bonds. The number of likely N-dealkylation sites (tertiary alicyclic amines) is 1. The van der Waals surface area contributed by atoms with E-state index in [0.717, 1.165) is 5.56 Å². The van der Waals surface area contributed by atoms with E-state index >= 15 is 0 Å². The second kappa shape index (κ2) is 9.84. The van der Waals surface area contributed by atoms with Crippen molar-refractivity contribution in [1.82, 2.24) is 19.8 Å². The van der Waals surface area contributed by atoms with Gasteiger partial charge in [0.05, 0.1) is 18.4 Å². The van der Waals surface area contributed by atoms with Crippen LogP contribution < -0.4 is 4.74 Å². The lowest BCUT2D eigenvalue weighted by Crippen LogP contribution is -2.51. The SMILES string of the molecule is CN1CC2(CCN(C(=O)c3cnccn3)CC2)C[C@@H](O)[C@@H](O)Cc2ccccc2OCC1=O. The van der Waals surface area contributed by atoms with Gasteiger partial charge < -0.3 is 24.7 Å². The van der Waals surface area contributed by atoms with Crippen molar-refractivity contribution in [1.29, 1.82) is 0 Å². The lowest BCUT2D eigenvalue weighted by atomic mass is 9.72. The Hall–Kier alpha value is -3.04. The molecule has 176 valence electrons. The highest BCUT2D eigenvalue weighted by Crippen LogP contribution is 2.38. The number of piperidine rings is 1. The van der Waals surface area contributed by atoms with Gasteiger partial charge in [0.1, 0.15) is 11.4 Å². The summed E-state index contributed by atoms with van der Waals surface area (Å²) in [4.78, 5) is 37.0. The molecule has 0 unspecified atom stereocenters. The number of aliphatic hydroxyl groups excluding tert-OH is 2. The van der Waals surface area contributed by atoms with Crippen LogP contribution in [0.15, 0.2) is 42.9 Å². The highest BCUT2D eigenvalue weighted by Gasteiger charge is 2.41. The Morgan fingerprint density at radius 2 is 1.91 bits per heavy atom. The molecular weight excluding hydrogens is 424 g/mol. The molecule has 0 radical (unpaired) electrons. The normalized spacial score (nSPS) is 23.8. The molecule has 2 aliphatic rings. The number of aromatic nitrogens is 2. The number of hydrogen-bond donors (Lipinski definition) is 2. The molecule has 3 heterocycles. The standard InChI is InChI=1S/C24H30N4O5/c1-27-16-24(6-10-28(11-7-24)23(32)18-14-25-8-9-26-18)13-20(30)19(29)12-17-4-2-3-5-21(17)33-15-22(27)31/h2-5,8-9,14,19-20,29-30H,6-7,10-13,15-16H2,1H3/t19-,20+/m0/s1. The third-order valence-corrected chi connectivity index (χ3v) is 6.73. The van der Waals surface area contributed by atoms with Gasteiger partial charge in [-0.1, -0.05) is 18.2 Å². The van der Waals surface area contributed by atoms with Crippen molar-refractivity contribution in [3.63, 3.8) is 0 Å². The van der Waals surface area contributed by atoms with E-state index in [-0.39, 0.29) is 24.8 Å². The summed E-state index contributed by atoms with van der Waals surface area (Å²) in [6.45, 7) is 1.26. The third-order valence-electron chi connectivity index (χ3n) is 6.73. The molecule has 0 saturated carbocycles. The number of ether oxygens (including phenoxy) is 1. The first-order valence-corrected chi connectivity index (χ1v) is 11.2. The van der Waals surface area contributed by atoms with Crippen molar-refractivity contribution >= 4 is 11.8 Å². The summed E-state index contributed by atoms with van der Waals surface area (Å²) in [6.07, 6.45) is 4.28. The number of nitrogens with zero attached hydrogens (tertiary/aromatic N) is 4. The lowest BCUT2D eigenvalue weighted by Gasteiger charge is -2.45. The molecule has 2 aliphatic heterocycles.